The van der Waals surface area contributed by atoms with Crippen molar-refractivity contribution in [2.75, 3.05) is 20.8 Å². The number of rotatable bonds is 10. The molecule has 0 spiro atoms. The maximum Gasteiger partial charge on any atom is 0.163 e. The van der Waals surface area contributed by atoms with Gasteiger partial charge in [0, 0.05) is 17.6 Å². The maximum atomic E-state index is 6.51. The Morgan fingerprint density at radius 3 is 2.33 bits per heavy atom. The van der Waals surface area contributed by atoms with E-state index in [0.717, 1.165) is 29.8 Å². The molecule has 30 heavy (non-hydrogen) atoms. The van der Waals surface area contributed by atoms with E-state index in [1.54, 1.807) is 14.2 Å². The quantitative estimate of drug-likeness (QED) is 0.430. The van der Waals surface area contributed by atoms with Gasteiger partial charge in [0.1, 0.15) is 12.4 Å². The van der Waals surface area contributed by atoms with Crippen molar-refractivity contribution in [1.82, 2.24) is 5.32 Å². The number of hydrogen-bond acceptors (Lipinski definition) is 4. The number of ether oxygens (including phenoxy) is 3. The van der Waals surface area contributed by atoms with Crippen molar-refractivity contribution in [1.29, 1.82) is 0 Å². The molecule has 5 heteroatoms. The van der Waals surface area contributed by atoms with Crippen molar-refractivity contribution in [3.05, 3.63) is 87.9 Å². The highest BCUT2D eigenvalue weighted by atomic mass is 35.5. The van der Waals surface area contributed by atoms with E-state index in [-0.39, 0.29) is 0 Å². The van der Waals surface area contributed by atoms with Crippen molar-refractivity contribution < 1.29 is 14.2 Å². The van der Waals surface area contributed by atoms with Gasteiger partial charge in [-0.2, -0.15) is 0 Å². The predicted molar refractivity (Wildman–Crippen MR) is 122 cm³/mol. The zero-order valence-corrected chi connectivity index (χ0v) is 18.5. The second-order valence-electron chi connectivity index (χ2n) is 7.08. The van der Waals surface area contributed by atoms with E-state index < -0.39 is 0 Å². The zero-order chi connectivity index (χ0) is 21.3. The third kappa shape index (κ3) is 5.91. The van der Waals surface area contributed by atoms with Crippen molar-refractivity contribution in [3.63, 3.8) is 0 Å². The van der Waals surface area contributed by atoms with Gasteiger partial charge in [0.05, 0.1) is 14.2 Å². The first-order chi connectivity index (χ1) is 14.6. The van der Waals surface area contributed by atoms with Crippen LogP contribution in [0.3, 0.4) is 0 Å². The molecule has 0 fully saturated rings. The molecule has 0 heterocycles. The van der Waals surface area contributed by atoms with Crippen LogP contribution in [0, 0.1) is 6.92 Å². The van der Waals surface area contributed by atoms with Gasteiger partial charge in [0.15, 0.2) is 11.5 Å². The third-order valence-corrected chi connectivity index (χ3v) is 5.39. The Labute approximate surface area is 183 Å². The zero-order valence-electron chi connectivity index (χ0n) is 17.7. The Kier molecular flexibility index (Phi) is 8.00. The van der Waals surface area contributed by atoms with E-state index in [1.165, 1.54) is 11.1 Å². The van der Waals surface area contributed by atoms with Crippen LogP contribution >= 0.6 is 11.6 Å². The summed E-state index contributed by atoms with van der Waals surface area (Å²) in [5.41, 5.74) is 4.57. The van der Waals surface area contributed by atoms with Crippen LogP contribution in [0.5, 0.6) is 17.2 Å². The molecule has 0 atom stereocenters. The summed E-state index contributed by atoms with van der Waals surface area (Å²) >= 11 is 6.51. The van der Waals surface area contributed by atoms with Crippen LogP contribution in [0.15, 0.2) is 60.7 Å². The first kappa shape index (κ1) is 22.0. The van der Waals surface area contributed by atoms with Gasteiger partial charge in [-0.3, -0.25) is 0 Å². The van der Waals surface area contributed by atoms with Crippen molar-refractivity contribution >= 4 is 11.6 Å². The van der Waals surface area contributed by atoms with Gasteiger partial charge in [-0.1, -0.05) is 48.0 Å². The van der Waals surface area contributed by atoms with Crippen molar-refractivity contribution in [2.45, 2.75) is 26.5 Å². The van der Waals surface area contributed by atoms with Crippen LogP contribution in [0.1, 0.15) is 22.3 Å². The normalized spacial score (nSPS) is 10.7. The molecule has 0 saturated carbocycles. The fourth-order valence-electron chi connectivity index (χ4n) is 3.16. The largest absolute Gasteiger partial charge is 0.497 e. The number of benzene rings is 3. The molecule has 0 radical (unpaired) electrons. The molecule has 0 aliphatic rings. The summed E-state index contributed by atoms with van der Waals surface area (Å²) in [4.78, 5) is 0. The summed E-state index contributed by atoms with van der Waals surface area (Å²) < 4.78 is 16.7. The van der Waals surface area contributed by atoms with E-state index in [1.807, 2.05) is 36.4 Å². The molecule has 0 unspecified atom stereocenters. The molecule has 0 amide bonds. The van der Waals surface area contributed by atoms with Gasteiger partial charge < -0.3 is 19.5 Å². The van der Waals surface area contributed by atoms with Crippen LogP contribution in [-0.4, -0.2) is 20.8 Å². The molecule has 0 aromatic heterocycles. The van der Waals surface area contributed by atoms with Crippen molar-refractivity contribution in [3.8, 4) is 17.2 Å². The van der Waals surface area contributed by atoms with Crippen LogP contribution in [0.25, 0.3) is 0 Å². The molecule has 3 aromatic rings. The second kappa shape index (κ2) is 10.9. The minimum Gasteiger partial charge on any atom is -0.497 e. The minimum absolute atomic E-state index is 0.471. The lowest BCUT2D eigenvalue weighted by Crippen LogP contribution is -2.17. The average Bonchev–Trinajstić information content (AvgIpc) is 2.77. The lowest BCUT2D eigenvalue weighted by molar-refractivity contribution is 0.283. The molecule has 0 aliphatic heterocycles. The first-order valence-corrected chi connectivity index (χ1v) is 10.4. The molecule has 3 rings (SSSR count). The van der Waals surface area contributed by atoms with Gasteiger partial charge >= 0.3 is 0 Å². The van der Waals surface area contributed by atoms with Gasteiger partial charge in [-0.25, -0.2) is 0 Å². The van der Waals surface area contributed by atoms with E-state index >= 15 is 0 Å². The summed E-state index contributed by atoms with van der Waals surface area (Å²) in [5.74, 6) is 2.20. The van der Waals surface area contributed by atoms with Crippen LogP contribution in [-0.2, 0) is 19.6 Å². The standard InChI is InChI=1S/C25H28ClNO3/c1-18-6-4-5-7-20(18)17-30-25-15-23(26)21(14-24(25)29-3)16-27-13-12-19-8-10-22(28-2)11-9-19/h4-11,14-15,27H,12-13,16-17H2,1-3H3. The number of methoxy groups -OCH3 is 2. The molecular weight excluding hydrogens is 398 g/mol. The third-order valence-electron chi connectivity index (χ3n) is 5.04. The highest BCUT2D eigenvalue weighted by Crippen LogP contribution is 2.34. The predicted octanol–water partition coefficient (Wildman–Crippen LogP) is 5.58. The molecule has 158 valence electrons. The second-order valence-corrected chi connectivity index (χ2v) is 7.49. The van der Waals surface area contributed by atoms with E-state index in [0.29, 0.717) is 29.7 Å². The summed E-state index contributed by atoms with van der Waals surface area (Å²) in [7, 11) is 3.32. The Hall–Kier alpha value is -2.69. The van der Waals surface area contributed by atoms with E-state index in [2.05, 4.69) is 36.5 Å². The van der Waals surface area contributed by atoms with E-state index in [4.69, 9.17) is 25.8 Å². The molecule has 0 bridgehead atoms. The molecule has 0 aliphatic carbocycles. The Balaban J connectivity index is 1.57. The summed E-state index contributed by atoms with van der Waals surface area (Å²) in [6.45, 7) is 4.04. The minimum atomic E-state index is 0.471. The fraction of sp³-hybridized carbons (Fsp3) is 0.280. The van der Waals surface area contributed by atoms with Gasteiger partial charge in [0.2, 0.25) is 0 Å². The Morgan fingerprint density at radius 1 is 0.867 bits per heavy atom. The SMILES string of the molecule is COc1ccc(CCNCc2cc(OC)c(OCc3ccccc3C)cc2Cl)cc1. The molecule has 1 N–H and O–H groups in total. The smallest absolute Gasteiger partial charge is 0.163 e. The number of halogens is 1. The van der Waals surface area contributed by atoms with Crippen LogP contribution in [0.2, 0.25) is 5.02 Å². The number of nitrogens with one attached hydrogen (secondary N) is 1. The van der Waals surface area contributed by atoms with Crippen molar-refractivity contribution in [2.24, 2.45) is 0 Å². The first-order valence-electron chi connectivity index (χ1n) is 9.98. The summed E-state index contributed by atoms with van der Waals surface area (Å²) in [5, 5.41) is 4.10. The van der Waals surface area contributed by atoms with E-state index in [9.17, 15) is 0 Å². The summed E-state index contributed by atoms with van der Waals surface area (Å²) in [6.07, 6.45) is 0.927. The van der Waals surface area contributed by atoms with Gasteiger partial charge in [-0.15, -0.1) is 0 Å². The Morgan fingerprint density at radius 2 is 1.63 bits per heavy atom. The topological polar surface area (TPSA) is 39.7 Å². The van der Waals surface area contributed by atoms with Crippen LogP contribution in [0.4, 0.5) is 0 Å². The molecular formula is C25H28ClNO3. The monoisotopic (exact) mass is 425 g/mol. The van der Waals surface area contributed by atoms with Gasteiger partial charge in [0.25, 0.3) is 0 Å². The molecule has 0 saturated heterocycles. The summed E-state index contributed by atoms with van der Waals surface area (Å²) in [6, 6.07) is 20.1. The number of hydrogen-bond donors (Lipinski definition) is 1. The highest BCUT2D eigenvalue weighted by molar-refractivity contribution is 6.31. The van der Waals surface area contributed by atoms with Gasteiger partial charge in [-0.05, 0) is 60.3 Å². The Bertz CT molecular complexity index is 957. The molecule has 4 nitrogen and oxygen atoms in total. The average molecular weight is 426 g/mol. The number of aryl methyl sites for hydroxylation is 1. The molecule has 3 aromatic carbocycles. The fourth-order valence-corrected chi connectivity index (χ4v) is 3.38. The highest BCUT2D eigenvalue weighted by Gasteiger charge is 2.11. The lowest BCUT2D eigenvalue weighted by Gasteiger charge is -2.15. The lowest BCUT2D eigenvalue weighted by atomic mass is 10.1. The van der Waals surface area contributed by atoms with Crippen LogP contribution < -0.4 is 19.5 Å². The maximum absolute atomic E-state index is 6.51.